The lowest BCUT2D eigenvalue weighted by atomic mass is 10.1. The lowest BCUT2D eigenvalue weighted by Gasteiger charge is -2.09. The first-order valence-electron chi connectivity index (χ1n) is 8.80. The third-order valence-corrected chi connectivity index (χ3v) is 4.93. The summed E-state index contributed by atoms with van der Waals surface area (Å²) in [5, 5.41) is 2.85. The van der Waals surface area contributed by atoms with Crippen molar-refractivity contribution >= 4 is 11.8 Å². The van der Waals surface area contributed by atoms with Gasteiger partial charge in [0.1, 0.15) is 5.75 Å². The highest BCUT2D eigenvalue weighted by Crippen LogP contribution is 2.22. The van der Waals surface area contributed by atoms with Gasteiger partial charge < -0.3 is 9.64 Å². The van der Waals surface area contributed by atoms with E-state index in [1.165, 1.54) is 33.9 Å². The van der Waals surface area contributed by atoms with Gasteiger partial charge in [0.05, 0.1) is 6.61 Å². The van der Waals surface area contributed by atoms with Gasteiger partial charge in [-0.3, -0.25) is 0 Å². The Hall–Kier alpha value is -1.45. The normalized spacial score (nSPS) is 11.0. The molecule has 0 aliphatic heterocycles. The summed E-state index contributed by atoms with van der Waals surface area (Å²) in [4.78, 5) is 3.56. The van der Waals surface area contributed by atoms with Crippen LogP contribution in [0, 0.1) is 10.4 Å². The highest BCUT2D eigenvalue weighted by Gasteiger charge is 1.97. The number of unbranched alkanes of at least 4 members (excludes halogenated alkanes) is 1. The predicted octanol–water partition coefficient (Wildman–Crippen LogP) is 5.20. The van der Waals surface area contributed by atoms with Gasteiger partial charge in [-0.15, -0.1) is 11.8 Å². The minimum Gasteiger partial charge on any atom is -0.494 e. The highest BCUT2D eigenvalue weighted by atomic mass is 32.2. The summed E-state index contributed by atoms with van der Waals surface area (Å²) >= 11 is 1.92. The van der Waals surface area contributed by atoms with E-state index in [4.69, 9.17) is 4.74 Å². The molecule has 0 amide bonds. The van der Waals surface area contributed by atoms with Gasteiger partial charge in [-0.2, -0.15) is 0 Å². The molecule has 1 aromatic carbocycles. The van der Waals surface area contributed by atoms with Gasteiger partial charge >= 0.3 is 0 Å². The largest absolute Gasteiger partial charge is 0.494 e. The van der Waals surface area contributed by atoms with Crippen LogP contribution in [0.25, 0.3) is 0 Å². The van der Waals surface area contributed by atoms with E-state index in [-0.39, 0.29) is 0 Å². The minimum absolute atomic E-state index is 0.825. The van der Waals surface area contributed by atoms with Crippen LogP contribution in [0.3, 0.4) is 0 Å². The Bertz CT molecular complexity index is 631. The highest BCUT2D eigenvalue weighted by molar-refractivity contribution is 7.99. The Balaban J connectivity index is 0.000000282. The molecule has 0 N–H and O–H groups in total. The average Bonchev–Trinajstić information content (AvgIpc) is 2.57. The fraction of sp³-hybridized carbons (Fsp3) is 0.429. The fourth-order valence-corrected chi connectivity index (χ4v) is 3.04. The fourth-order valence-electron chi connectivity index (χ4n) is 2.20. The Labute approximate surface area is 150 Å². The van der Waals surface area contributed by atoms with E-state index < -0.39 is 0 Å². The van der Waals surface area contributed by atoms with Gasteiger partial charge in [0.25, 0.3) is 0 Å². The Morgan fingerprint density at radius 2 is 1.50 bits per heavy atom. The maximum absolute atomic E-state index is 5.64. The summed E-state index contributed by atoms with van der Waals surface area (Å²) in [6, 6.07) is 16.9. The van der Waals surface area contributed by atoms with E-state index in [0.29, 0.717) is 0 Å². The van der Waals surface area contributed by atoms with Crippen LogP contribution in [0.15, 0.2) is 53.4 Å². The third kappa shape index (κ3) is 6.58. The summed E-state index contributed by atoms with van der Waals surface area (Å²) in [5.74, 6) is 2.16. The topological polar surface area (TPSA) is 12.5 Å². The Morgan fingerprint density at radius 1 is 0.875 bits per heavy atom. The van der Waals surface area contributed by atoms with Crippen molar-refractivity contribution in [3.05, 3.63) is 59.0 Å². The number of hydrogen-bond donors (Lipinski definition) is 0. The molecule has 0 bridgehead atoms. The van der Waals surface area contributed by atoms with Crippen molar-refractivity contribution in [1.29, 1.82) is 0 Å². The van der Waals surface area contributed by atoms with Gasteiger partial charge in [0.2, 0.25) is 0 Å². The van der Waals surface area contributed by atoms with E-state index in [9.17, 15) is 0 Å². The maximum Gasteiger partial charge on any atom is 0.119 e. The van der Waals surface area contributed by atoms with Crippen molar-refractivity contribution in [3.8, 4) is 5.75 Å². The molecule has 0 saturated heterocycles. The lowest BCUT2D eigenvalue weighted by molar-refractivity contribution is 0.309. The molecular formula is C21H29NOS. The molecule has 0 radical (unpaired) electrons. The van der Waals surface area contributed by atoms with Crippen LogP contribution in [0.2, 0.25) is 0 Å². The van der Waals surface area contributed by atoms with Crippen molar-refractivity contribution < 1.29 is 4.74 Å². The summed E-state index contributed by atoms with van der Waals surface area (Å²) in [6.07, 6.45) is 3.53. The second-order valence-corrected chi connectivity index (χ2v) is 7.42. The first-order chi connectivity index (χ1) is 11.7. The van der Waals surface area contributed by atoms with Crippen LogP contribution in [0.4, 0.5) is 0 Å². The molecule has 0 saturated carbocycles. The zero-order valence-corrected chi connectivity index (χ0v) is 15.9. The molecule has 0 aromatic heterocycles. The number of hydrogen-bond acceptors (Lipinski definition) is 3. The first-order valence-corrected chi connectivity index (χ1v) is 9.78. The smallest absolute Gasteiger partial charge is 0.119 e. The van der Waals surface area contributed by atoms with Crippen molar-refractivity contribution in [1.82, 2.24) is 4.90 Å². The molecule has 3 rings (SSSR count). The van der Waals surface area contributed by atoms with E-state index >= 15 is 0 Å². The molecule has 0 unspecified atom stereocenters. The van der Waals surface area contributed by atoms with Crippen molar-refractivity contribution in [2.45, 2.75) is 31.1 Å². The zero-order valence-electron chi connectivity index (χ0n) is 15.1. The summed E-state index contributed by atoms with van der Waals surface area (Å²) < 4.78 is 5.64. The Morgan fingerprint density at radius 3 is 1.96 bits per heavy atom. The first kappa shape index (κ1) is 18.9. The van der Waals surface area contributed by atoms with E-state index in [2.05, 4.69) is 74.4 Å². The van der Waals surface area contributed by atoms with Crippen LogP contribution in [-0.4, -0.2) is 37.9 Å². The molecule has 0 spiro atoms. The lowest BCUT2D eigenvalue weighted by Crippen LogP contribution is -2.13. The number of benzene rings is 2. The van der Waals surface area contributed by atoms with Crippen molar-refractivity contribution in [2.24, 2.45) is 0 Å². The monoisotopic (exact) mass is 343 g/mol. The zero-order chi connectivity index (χ0) is 17.2. The number of nitrogens with zero attached hydrogens (tertiary/aromatic N) is 1. The van der Waals surface area contributed by atoms with Crippen molar-refractivity contribution in [3.63, 3.8) is 0 Å². The third-order valence-electron chi connectivity index (χ3n) is 3.83. The molecular weight excluding hydrogens is 314 g/mol. The van der Waals surface area contributed by atoms with Gasteiger partial charge in [-0.05, 0) is 73.9 Å². The van der Waals surface area contributed by atoms with Gasteiger partial charge in [0, 0.05) is 4.90 Å². The number of thioether (sulfide) groups is 1. The molecule has 2 nitrogen and oxygen atoms in total. The second kappa shape index (κ2) is 10.4. The van der Waals surface area contributed by atoms with Gasteiger partial charge in [0.15, 0.2) is 0 Å². The molecule has 2 aliphatic carbocycles. The van der Waals surface area contributed by atoms with Crippen LogP contribution < -0.4 is 4.74 Å². The molecule has 0 heterocycles. The van der Waals surface area contributed by atoms with E-state index in [1.807, 2.05) is 11.8 Å². The molecule has 0 fully saturated rings. The van der Waals surface area contributed by atoms with Gasteiger partial charge in [-0.25, -0.2) is 0 Å². The van der Waals surface area contributed by atoms with Crippen molar-refractivity contribution in [2.75, 3.05) is 33.0 Å². The van der Waals surface area contributed by atoms with Crippen LogP contribution in [-0.2, 0) is 0 Å². The molecule has 3 heteroatoms. The standard InChI is InChI=1S/C15H25NOS.C6H4/c1-4-5-12-17-14-7-9-15(10-8-14)18-13-6-11-16(2)3;1-2-6-4-3-5(1)6/h7-10H,4-6,11-13H2,1-3H3;1-4H. The van der Waals surface area contributed by atoms with Crippen LogP contribution in [0.5, 0.6) is 5.75 Å². The summed E-state index contributed by atoms with van der Waals surface area (Å²) in [7, 11) is 4.24. The summed E-state index contributed by atoms with van der Waals surface area (Å²) in [6.45, 7) is 4.16. The summed E-state index contributed by atoms with van der Waals surface area (Å²) in [5.41, 5.74) is 0. The molecule has 130 valence electrons. The molecule has 24 heavy (non-hydrogen) atoms. The van der Waals surface area contributed by atoms with Crippen LogP contribution >= 0.6 is 11.8 Å². The second-order valence-electron chi connectivity index (χ2n) is 6.26. The number of ether oxygens (including phenoxy) is 1. The maximum atomic E-state index is 5.64. The quantitative estimate of drug-likeness (QED) is 0.391. The van der Waals surface area contributed by atoms with E-state index in [1.54, 1.807) is 0 Å². The Kier molecular flexibility index (Phi) is 8.20. The molecule has 0 atom stereocenters. The molecule has 2 aliphatic rings. The van der Waals surface area contributed by atoms with E-state index in [0.717, 1.165) is 25.3 Å². The molecule has 1 aromatic rings. The SMILES string of the molecule is CCCCOc1ccc(SCCCN(C)C)cc1.c1cc2ccc1=2. The van der Waals surface area contributed by atoms with Crippen LogP contribution in [0.1, 0.15) is 26.2 Å². The number of rotatable bonds is 9. The van der Waals surface area contributed by atoms with Gasteiger partial charge in [-0.1, -0.05) is 37.6 Å². The minimum atomic E-state index is 0.825. The predicted molar refractivity (Wildman–Crippen MR) is 105 cm³/mol. The average molecular weight is 344 g/mol.